The summed E-state index contributed by atoms with van der Waals surface area (Å²) in [4.78, 5) is 0. The molecule has 0 N–H and O–H groups in total. The maximum absolute atomic E-state index is 2.86. The fourth-order valence-corrected chi connectivity index (χ4v) is 17.3. The van der Waals surface area contributed by atoms with Gasteiger partial charge in [-0.3, -0.25) is 0 Å². The van der Waals surface area contributed by atoms with Gasteiger partial charge < -0.3 is 24.8 Å². The van der Waals surface area contributed by atoms with Crippen LogP contribution < -0.4 is 28.1 Å². The zero-order chi connectivity index (χ0) is 29.1. The average molecular weight is 695 g/mol. The van der Waals surface area contributed by atoms with Crippen molar-refractivity contribution < 1.29 is 46.1 Å². The van der Waals surface area contributed by atoms with E-state index in [2.05, 4.69) is 111 Å². The van der Waals surface area contributed by atoms with Crippen molar-refractivity contribution in [2.24, 2.45) is 28.6 Å². The number of benzene rings is 2. The van der Waals surface area contributed by atoms with Gasteiger partial charge in [0, 0.05) is 0 Å². The number of fused-ring (bicyclic) bond motifs is 3. The second-order valence-electron chi connectivity index (χ2n) is 17.4. The van der Waals surface area contributed by atoms with Crippen molar-refractivity contribution >= 4 is 6.48 Å². The van der Waals surface area contributed by atoms with E-state index in [0.717, 1.165) is 24.2 Å². The van der Waals surface area contributed by atoms with Crippen LogP contribution in [0.1, 0.15) is 123 Å². The third kappa shape index (κ3) is 5.53. The molecule has 0 spiro atoms. The molecule has 0 radical (unpaired) electrons. The number of hydrogen-bond acceptors (Lipinski definition) is 0. The molecule has 0 heterocycles. The van der Waals surface area contributed by atoms with E-state index in [9.17, 15) is 0 Å². The van der Waals surface area contributed by atoms with Crippen molar-refractivity contribution in [2.75, 3.05) is 0 Å². The van der Waals surface area contributed by atoms with Crippen molar-refractivity contribution in [1.82, 2.24) is 0 Å². The number of hydrogen-bond donors (Lipinski definition) is 0. The first-order chi connectivity index (χ1) is 19.2. The van der Waals surface area contributed by atoms with Crippen molar-refractivity contribution in [3.63, 3.8) is 0 Å². The van der Waals surface area contributed by atoms with Gasteiger partial charge in [0.15, 0.2) is 0 Å². The molecule has 3 heteroatoms. The van der Waals surface area contributed by atoms with Gasteiger partial charge in [0.2, 0.25) is 0 Å². The molecule has 0 aliphatic heterocycles. The van der Waals surface area contributed by atoms with E-state index in [1.54, 1.807) is 20.9 Å². The Morgan fingerprint density at radius 3 is 1.86 bits per heavy atom. The normalized spacial score (nSPS) is 29.7. The Morgan fingerprint density at radius 2 is 1.33 bits per heavy atom. The Bertz CT molecular complexity index is 1500. The molecule has 0 nitrogen and oxygen atoms in total. The van der Waals surface area contributed by atoms with E-state index in [0.29, 0.717) is 5.41 Å². The fourth-order valence-electron chi connectivity index (χ4n) is 10.0. The van der Waals surface area contributed by atoms with Crippen LogP contribution in [-0.4, -0.2) is 3.21 Å². The van der Waals surface area contributed by atoms with E-state index in [-0.39, 0.29) is 41.1 Å². The average Bonchev–Trinajstić information content (AvgIpc) is 3.43. The molecule has 0 aromatic heterocycles. The molecule has 1 unspecified atom stereocenters. The molecule has 6 aliphatic carbocycles. The molecule has 43 heavy (non-hydrogen) atoms. The zero-order valence-electron chi connectivity index (χ0n) is 28.1. The van der Waals surface area contributed by atoms with Crippen molar-refractivity contribution in [1.29, 1.82) is 0 Å². The number of halogens is 2. The van der Waals surface area contributed by atoms with Gasteiger partial charge in [-0.15, -0.1) is 0 Å². The molecule has 0 saturated heterocycles. The second kappa shape index (κ2) is 11.2. The Kier molecular flexibility index (Phi) is 8.75. The first kappa shape index (κ1) is 33.6. The minimum Gasteiger partial charge on any atom is -1.00 e. The summed E-state index contributed by atoms with van der Waals surface area (Å²) in [5.41, 5.74) is 10.3. The van der Waals surface area contributed by atoms with E-state index < -0.39 is 21.3 Å². The summed E-state index contributed by atoms with van der Waals surface area (Å²) in [6, 6.07) is 12.6. The van der Waals surface area contributed by atoms with Gasteiger partial charge in [-0.2, -0.15) is 0 Å². The Labute approximate surface area is 282 Å². The van der Waals surface area contributed by atoms with Crippen LogP contribution in [0, 0.1) is 28.6 Å². The summed E-state index contributed by atoms with van der Waals surface area (Å²) in [6.45, 7) is 21.8. The molecule has 4 fully saturated rings. The van der Waals surface area contributed by atoms with Crippen LogP contribution >= 0.6 is 0 Å². The van der Waals surface area contributed by atoms with Crippen LogP contribution in [0.2, 0.25) is 0 Å². The Morgan fingerprint density at radius 1 is 0.767 bits per heavy atom. The van der Waals surface area contributed by atoms with Gasteiger partial charge in [-0.05, 0) is 0 Å². The Balaban J connectivity index is 0.00000184. The van der Waals surface area contributed by atoms with Gasteiger partial charge in [0.05, 0.1) is 0 Å². The summed E-state index contributed by atoms with van der Waals surface area (Å²) in [5.74, 6) is 3.01. The minimum absolute atomic E-state index is 0. The molecule has 0 amide bonds. The standard InChI is InChI=1S/C21H25.C16H21.C3H6.2ClH.Zr/c1-20(2,3)16-9-7-14-11-15-8-10-17(21(4,5)6)13-19(15)18(14)12-16;1-15(4-2-3-5-15)16-9-12-6-13(10-16)8-14(7-12)11-16;1-3-2;;;/h7,9-10,12-13H,11H2,1-6H3;2,4-5,12-14H,6-11H2,1H3;1-2H3;2*1H;/q;;;;;+2/p-2. The molecule has 4 saturated carbocycles. The van der Waals surface area contributed by atoms with Gasteiger partial charge in [0.1, 0.15) is 0 Å². The monoisotopic (exact) mass is 692 g/mol. The van der Waals surface area contributed by atoms with Gasteiger partial charge in [-0.1, -0.05) is 0 Å². The third-order valence-electron chi connectivity index (χ3n) is 12.1. The smallest absolute Gasteiger partial charge is 1.00 e. The van der Waals surface area contributed by atoms with Gasteiger partial charge in [-0.25, -0.2) is 0 Å². The molecule has 8 rings (SSSR count). The summed E-state index contributed by atoms with van der Waals surface area (Å²) in [7, 11) is 0. The molecule has 2 aromatic carbocycles. The van der Waals surface area contributed by atoms with Crippen molar-refractivity contribution in [2.45, 2.75) is 118 Å². The number of allylic oxidation sites excluding steroid dienone is 4. The predicted molar refractivity (Wildman–Crippen MR) is 174 cm³/mol. The van der Waals surface area contributed by atoms with E-state index in [1.165, 1.54) is 60.8 Å². The van der Waals surface area contributed by atoms with E-state index in [1.807, 2.05) is 0 Å². The quantitative estimate of drug-likeness (QED) is 0.390. The van der Waals surface area contributed by atoms with E-state index in [4.69, 9.17) is 0 Å². The largest absolute Gasteiger partial charge is 1.00 e. The summed E-state index contributed by atoms with van der Waals surface area (Å²) in [5, 5.41) is 0. The SMILES string of the molecule is C[C](C)=[Zr+2]([C]1=CC(C)(C23CC4CC(CC(C4)C2)C3)C=C1)[c]1cc(C(C)(C)C)cc2c1Cc1ccc(C(C)(C)C)cc1-2.[Cl-].[Cl-]. The first-order valence-corrected chi connectivity index (χ1v) is 20.3. The maximum atomic E-state index is 2.86. The number of rotatable bonds is 3. The summed E-state index contributed by atoms with van der Waals surface area (Å²) < 4.78 is 5.23. The molecule has 6 aliphatic rings. The van der Waals surface area contributed by atoms with Gasteiger partial charge >= 0.3 is 260 Å². The second-order valence-corrected chi connectivity index (χ2v) is 24.4. The minimum atomic E-state index is -2.31. The molecular formula is C40H52Cl2Zr. The molecule has 2 aromatic rings. The first-order valence-electron chi connectivity index (χ1n) is 16.6. The summed E-state index contributed by atoms with van der Waals surface area (Å²) in [6.07, 6.45) is 18.4. The van der Waals surface area contributed by atoms with Crippen LogP contribution in [-0.2, 0) is 38.5 Å². The van der Waals surface area contributed by atoms with Crippen LogP contribution in [0.5, 0.6) is 0 Å². The van der Waals surface area contributed by atoms with Crippen LogP contribution in [0.25, 0.3) is 11.1 Å². The third-order valence-corrected chi connectivity index (χ3v) is 19.1. The zero-order valence-corrected chi connectivity index (χ0v) is 32.0. The molecular weight excluding hydrogens is 643 g/mol. The van der Waals surface area contributed by atoms with Crippen molar-refractivity contribution in [3.8, 4) is 11.1 Å². The summed E-state index contributed by atoms with van der Waals surface area (Å²) >= 11 is -2.31. The molecule has 1 atom stereocenters. The van der Waals surface area contributed by atoms with Gasteiger partial charge in [0.25, 0.3) is 0 Å². The predicted octanol–water partition coefficient (Wildman–Crippen LogP) is 3.99. The molecule has 4 bridgehead atoms. The molecule has 230 valence electrons. The Hall–Kier alpha value is -0.747. The fraction of sp³-hybridized carbons (Fsp3) is 0.575. The maximum Gasteiger partial charge on any atom is -1.00 e. The van der Waals surface area contributed by atoms with Crippen LogP contribution in [0.4, 0.5) is 0 Å². The van der Waals surface area contributed by atoms with Crippen LogP contribution in [0.15, 0.2) is 51.8 Å². The van der Waals surface area contributed by atoms with Crippen molar-refractivity contribution in [3.05, 3.63) is 74.1 Å². The van der Waals surface area contributed by atoms with Crippen LogP contribution in [0.3, 0.4) is 0 Å². The topological polar surface area (TPSA) is 0 Å². The van der Waals surface area contributed by atoms with E-state index >= 15 is 0 Å².